The van der Waals surface area contributed by atoms with Gasteiger partial charge in [-0.05, 0) is 49.9 Å². The van der Waals surface area contributed by atoms with Gasteiger partial charge in [0.2, 0.25) is 0 Å². The predicted octanol–water partition coefficient (Wildman–Crippen LogP) is 4.60. The van der Waals surface area contributed by atoms with Crippen molar-refractivity contribution in [2.24, 2.45) is 0 Å². The van der Waals surface area contributed by atoms with Crippen LogP contribution in [0.25, 0.3) is 17.1 Å². The van der Waals surface area contributed by atoms with Crippen LogP contribution < -0.4 is 5.32 Å². The van der Waals surface area contributed by atoms with E-state index in [4.69, 9.17) is 0 Å². The summed E-state index contributed by atoms with van der Waals surface area (Å²) in [5.74, 6) is 1.28. The molecule has 0 unspecified atom stereocenters. The molecule has 1 N–H and O–H groups in total. The zero-order chi connectivity index (χ0) is 20.8. The molecule has 2 aliphatic carbocycles. The summed E-state index contributed by atoms with van der Waals surface area (Å²) in [7, 11) is 0. The Bertz CT molecular complexity index is 1260. The third-order valence-corrected chi connectivity index (χ3v) is 5.86. The maximum Gasteiger partial charge on any atom is 0.274 e. The van der Waals surface area contributed by atoms with Gasteiger partial charge >= 0.3 is 0 Å². The minimum absolute atomic E-state index is 0.243. The monoisotopic (exact) mass is 410 g/mol. The number of aromatic nitrogens is 5. The number of carbonyl (C=O) groups excluding carboxylic acids is 1. The molecule has 31 heavy (non-hydrogen) atoms. The highest BCUT2D eigenvalue weighted by atomic mass is 16.1. The summed E-state index contributed by atoms with van der Waals surface area (Å²) >= 11 is 0. The number of anilines is 1. The Morgan fingerprint density at radius 2 is 1.90 bits per heavy atom. The number of imidazole rings is 2. The Morgan fingerprint density at radius 1 is 1.00 bits per heavy atom. The van der Waals surface area contributed by atoms with Gasteiger partial charge in [0.1, 0.15) is 11.5 Å². The average Bonchev–Trinajstić information content (AvgIpc) is 3.73. The van der Waals surface area contributed by atoms with Crippen molar-refractivity contribution in [3.63, 3.8) is 0 Å². The van der Waals surface area contributed by atoms with Gasteiger partial charge in [-0.1, -0.05) is 12.1 Å². The molecular weight excluding hydrogens is 388 g/mol. The minimum Gasteiger partial charge on any atom is -0.328 e. The van der Waals surface area contributed by atoms with Crippen molar-refractivity contribution in [3.05, 3.63) is 78.9 Å². The summed E-state index contributed by atoms with van der Waals surface area (Å²) in [5, 5.41) is 2.97. The second-order valence-electron chi connectivity index (χ2n) is 8.30. The average molecular weight is 410 g/mol. The first-order valence-corrected chi connectivity index (χ1v) is 10.7. The lowest BCUT2D eigenvalue weighted by atomic mass is 10.2. The molecular formula is C24H22N6O. The molecule has 7 nitrogen and oxygen atoms in total. The Morgan fingerprint density at radius 3 is 2.74 bits per heavy atom. The molecule has 4 aromatic rings. The third kappa shape index (κ3) is 3.63. The van der Waals surface area contributed by atoms with Crippen molar-refractivity contribution in [3.8, 4) is 17.1 Å². The van der Waals surface area contributed by atoms with Gasteiger partial charge in [-0.15, -0.1) is 0 Å². The lowest BCUT2D eigenvalue weighted by Gasteiger charge is -2.10. The molecule has 0 saturated heterocycles. The zero-order valence-electron chi connectivity index (χ0n) is 17.0. The number of rotatable bonds is 6. The molecule has 6 rings (SSSR count). The van der Waals surface area contributed by atoms with Crippen molar-refractivity contribution in [2.45, 2.75) is 37.6 Å². The summed E-state index contributed by atoms with van der Waals surface area (Å²) in [4.78, 5) is 26.2. The largest absolute Gasteiger partial charge is 0.328 e. The van der Waals surface area contributed by atoms with Crippen molar-refractivity contribution in [1.82, 2.24) is 24.1 Å². The Hall–Kier alpha value is -3.74. The van der Waals surface area contributed by atoms with E-state index in [1.54, 1.807) is 18.6 Å². The van der Waals surface area contributed by atoms with Crippen LogP contribution in [-0.2, 0) is 0 Å². The molecule has 3 aromatic heterocycles. The molecule has 0 atom stereocenters. The molecule has 0 radical (unpaired) electrons. The molecule has 3 heterocycles. The van der Waals surface area contributed by atoms with E-state index in [2.05, 4.69) is 24.8 Å². The minimum atomic E-state index is -0.243. The number of nitrogens with one attached hydrogen (secondary N) is 1. The maximum atomic E-state index is 12.9. The molecule has 7 heteroatoms. The zero-order valence-corrected chi connectivity index (χ0v) is 17.0. The standard InChI is InChI=1S/C24H22N6O/c31-24(21-13-20(8-9-25-21)29-14-22(27-15-29)16-4-5-16)28-18-3-1-2-17(12-18)23-26-10-11-30(23)19-6-7-19/h1-3,8-16,19H,4-7H2,(H,28,31). The normalized spacial score (nSPS) is 15.7. The fraction of sp³-hybridized carbons (Fsp3) is 0.250. The van der Waals surface area contributed by atoms with E-state index in [1.807, 2.05) is 53.5 Å². The molecule has 2 aliphatic rings. The van der Waals surface area contributed by atoms with Crippen LogP contribution in [0.2, 0.25) is 0 Å². The van der Waals surface area contributed by atoms with Crippen molar-refractivity contribution in [1.29, 1.82) is 0 Å². The van der Waals surface area contributed by atoms with Gasteiger partial charge in [-0.25, -0.2) is 9.97 Å². The summed E-state index contributed by atoms with van der Waals surface area (Å²) in [6, 6.07) is 12.0. The van der Waals surface area contributed by atoms with E-state index in [0.29, 0.717) is 17.7 Å². The number of nitrogens with zero attached hydrogens (tertiary/aromatic N) is 5. The van der Waals surface area contributed by atoms with Gasteiger partial charge in [-0.2, -0.15) is 0 Å². The highest BCUT2D eigenvalue weighted by Crippen LogP contribution is 2.39. The molecule has 0 spiro atoms. The maximum absolute atomic E-state index is 12.9. The van der Waals surface area contributed by atoms with Gasteiger partial charge in [0.05, 0.1) is 17.7 Å². The SMILES string of the molecule is O=C(Nc1cccc(-c2nccn2C2CC2)c1)c1cc(-n2cnc(C3CC3)c2)ccn1. The van der Waals surface area contributed by atoms with Crippen LogP contribution in [0.5, 0.6) is 0 Å². The fourth-order valence-electron chi connectivity index (χ4n) is 3.89. The summed E-state index contributed by atoms with van der Waals surface area (Å²) in [6.45, 7) is 0. The van der Waals surface area contributed by atoms with E-state index in [1.165, 1.54) is 25.7 Å². The first kappa shape index (κ1) is 18.1. The number of benzene rings is 1. The van der Waals surface area contributed by atoms with Gasteiger partial charge in [0.15, 0.2) is 0 Å². The van der Waals surface area contributed by atoms with Crippen molar-refractivity contribution >= 4 is 11.6 Å². The van der Waals surface area contributed by atoms with Crippen LogP contribution >= 0.6 is 0 Å². The van der Waals surface area contributed by atoms with Crippen molar-refractivity contribution in [2.75, 3.05) is 5.32 Å². The number of amides is 1. The lowest BCUT2D eigenvalue weighted by Crippen LogP contribution is -2.14. The fourth-order valence-corrected chi connectivity index (χ4v) is 3.89. The van der Waals surface area contributed by atoms with Crippen LogP contribution in [0, 0.1) is 0 Å². The number of hydrogen-bond donors (Lipinski definition) is 1. The highest BCUT2D eigenvalue weighted by molar-refractivity contribution is 6.03. The first-order chi connectivity index (χ1) is 15.2. The van der Waals surface area contributed by atoms with Crippen LogP contribution in [-0.4, -0.2) is 30.0 Å². The predicted molar refractivity (Wildman–Crippen MR) is 117 cm³/mol. The van der Waals surface area contributed by atoms with E-state index in [-0.39, 0.29) is 5.91 Å². The summed E-state index contributed by atoms with van der Waals surface area (Å²) in [5.41, 5.74) is 4.06. The quantitative estimate of drug-likeness (QED) is 0.504. The molecule has 1 aromatic carbocycles. The highest BCUT2D eigenvalue weighted by Gasteiger charge is 2.26. The van der Waals surface area contributed by atoms with Crippen LogP contribution in [0.4, 0.5) is 5.69 Å². The lowest BCUT2D eigenvalue weighted by molar-refractivity contribution is 0.102. The van der Waals surface area contributed by atoms with Gasteiger partial charge < -0.3 is 14.5 Å². The van der Waals surface area contributed by atoms with Gasteiger partial charge in [0.25, 0.3) is 5.91 Å². The van der Waals surface area contributed by atoms with Crippen LogP contribution in [0.15, 0.2) is 67.5 Å². The second-order valence-corrected chi connectivity index (χ2v) is 8.30. The Kier molecular flexibility index (Phi) is 4.19. The van der Waals surface area contributed by atoms with Crippen LogP contribution in [0.3, 0.4) is 0 Å². The molecule has 0 aliphatic heterocycles. The van der Waals surface area contributed by atoms with E-state index in [9.17, 15) is 4.79 Å². The number of carbonyl (C=O) groups is 1. The summed E-state index contributed by atoms with van der Waals surface area (Å²) in [6.07, 6.45) is 14.2. The second kappa shape index (κ2) is 7.19. The topological polar surface area (TPSA) is 77.6 Å². The Labute approximate surface area is 179 Å². The number of hydrogen-bond acceptors (Lipinski definition) is 4. The third-order valence-electron chi connectivity index (χ3n) is 5.86. The summed E-state index contributed by atoms with van der Waals surface area (Å²) < 4.78 is 4.16. The van der Waals surface area contributed by atoms with E-state index < -0.39 is 0 Å². The van der Waals surface area contributed by atoms with Crippen LogP contribution in [0.1, 0.15) is 53.8 Å². The molecule has 2 saturated carbocycles. The first-order valence-electron chi connectivity index (χ1n) is 10.7. The molecule has 0 bridgehead atoms. The molecule has 154 valence electrons. The Balaban J connectivity index is 1.22. The van der Waals surface area contributed by atoms with Gasteiger partial charge in [-0.3, -0.25) is 9.78 Å². The molecule has 1 amide bonds. The van der Waals surface area contributed by atoms with E-state index in [0.717, 1.165) is 28.5 Å². The van der Waals surface area contributed by atoms with Gasteiger partial charge in [0, 0.05) is 48.0 Å². The van der Waals surface area contributed by atoms with E-state index >= 15 is 0 Å². The molecule has 2 fully saturated rings. The number of pyridine rings is 1. The smallest absolute Gasteiger partial charge is 0.274 e. The van der Waals surface area contributed by atoms with Crippen molar-refractivity contribution < 1.29 is 4.79 Å².